The number of halogens is 1. The molecule has 0 aliphatic rings. The lowest BCUT2D eigenvalue weighted by Crippen LogP contribution is -2.12. The molecule has 0 spiro atoms. The largest absolute Gasteiger partial charge is 0.493 e. The first-order valence-electron chi connectivity index (χ1n) is 10.0. The monoisotopic (exact) mass is 453 g/mol. The molecule has 0 saturated carbocycles. The lowest BCUT2D eigenvalue weighted by atomic mass is 10.1. The third kappa shape index (κ3) is 6.49. The minimum absolute atomic E-state index is 0.129. The zero-order valence-electron chi connectivity index (χ0n) is 17.9. The van der Waals surface area contributed by atoms with E-state index in [-0.39, 0.29) is 5.91 Å². The summed E-state index contributed by atoms with van der Waals surface area (Å²) in [7, 11) is 2.90. The summed E-state index contributed by atoms with van der Waals surface area (Å²) in [6.07, 6.45) is 0.835. The van der Waals surface area contributed by atoms with Gasteiger partial charge in [0.2, 0.25) is 5.91 Å². The van der Waals surface area contributed by atoms with E-state index in [0.29, 0.717) is 47.2 Å². The Morgan fingerprint density at radius 1 is 0.906 bits per heavy atom. The molecule has 0 radical (unpaired) electrons. The van der Waals surface area contributed by atoms with Crippen LogP contribution in [0.15, 0.2) is 66.7 Å². The minimum atomic E-state index is -0.420. The Hall–Kier alpha value is -3.51. The summed E-state index contributed by atoms with van der Waals surface area (Å²) < 4.78 is 16.0. The van der Waals surface area contributed by atoms with E-state index in [1.54, 1.807) is 31.4 Å². The molecule has 32 heavy (non-hydrogen) atoms. The molecular weight excluding hydrogens is 430 g/mol. The molecule has 0 atom stereocenters. The van der Waals surface area contributed by atoms with Crippen LogP contribution < -0.4 is 14.8 Å². The normalized spacial score (nSPS) is 10.3. The summed E-state index contributed by atoms with van der Waals surface area (Å²) >= 11 is 6.01. The van der Waals surface area contributed by atoms with Gasteiger partial charge in [0, 0.05) is 17.1 Å². The summed E-state index contributed by atoms with van der Waals surface area (Å²) in [5.41, 5.74) is 2.95. The van der Waals surface area contributed by atoms with Crippen molar-refractivity contribution in [3.8, 4) is 11.5 Å². The molecule has 0 saturated heterocycles. The second kappa shape index (κ2) is 11.2. The van der Waals surface area contributed by atoms with E-state index in [1.807, 2.05) is 42.5 Å². The fourth-order valence-corrected chi connectivity index (χ4v) is 3.28. The number of ether oxygens (including phenoxy) is 3. The number of amides is 1. The number of carbonyl (C=O) groups is 2. The zero-order chi connectivity index (χ0) is 22.9. The summed E-state index contributed by atoms with van der Waals surface area (Å²) in [5, 5.41) is 3.48. The second-order valence-electron chi connectivity index (χ2n) is 7.02. The molecule has 3 aromatic carbocycles. The molecule has 3 aromatic rings. The van der Waals surface area contributed by atoms with Crippen molar-refractivity contribution < 1.29 is 23.8 Å². The van der Waals surface area contributed by atoms with Crippen molar-refractivity contribution in [2.24, 2.45) is 0 Å². The fourth-order valence-electron chi connectivity index (χ4n) is 3.06. The van der Waals surface area contributed by atoms with Crippen LogP contribution in [-0.2, 0) is 22.6 Å². The van der Waals surface area contributed by atoms with Crippen molar-refractivity contribution in [3.05, 3.63) is 88.4 Å². The van der Waals surface area contributed by atoms with Crippen molar-refractivity contribution >= 4 is 29.2 Å². The zero-order valence-corrected chi connectivity index (χ0v) is 18.6. The number of methoxy groups -OCH3 is 2. The fraction of sp³-hybridized carbons (Fsp3) is 0.200. The Bertz CT molecular complexity index is 1080. The molecule has 0 aliphatic heterocycles. The Kier molecular flexibility index (Phi) is 8.11. The van der Waals surface area contributed by atoms with E-state index in [2.05, 4.69) is 10.1 Å². The highest BCUT2D eigenvalue weighted by atomic mass is 35.5. The first kappa shape index (κ1) is 23.2. The molecular formula is C25H24ClNO5. The summed E-state index contributed by atoms with van der Waals surface area (Å²) in [6, 6.07) is 19.6. The molecule has 166 valence electrons. The van der Waals surface area contributed by atoms with Gasteiger partial charge in [0.1, 0.15) is 6.61 Å². The molecule has 0 aromatic heterocycles. The molecule has 1 N–H and O–H groups in total. The van der Waals surface area contributed by atoms with Gasteiger partial charge in [-0.1, -0.05) is 29.8 Å². The third-order valence-electron chi connectivity index (χ3n) is 4.74. The van der Waals surface area contributed by atoms with Crippen LogP contribution in [0.4, 0.5) is 5.69 Å². The lowest BCUT2D eigenvalue weighted by Gasteiger charge is -2.13. The van der Waals surface area contributed by atoms with E-state index < -0.39 is 5.97 Å². The predicted octanol–water partition coefficient (Wildman–Crippen LogP) is 5.29. The summed E-state index contributed by atoms with van der Waals surface area (Å²) in [5.74, 6) is 0.669. The number of carbonyl (C=O) groups excluding carboxylic acids is 2. The molecule has 0 heterocycles. The van der Waals surface area contributed by atoms with E-state index in [0.717, 1.165) is 11.1 Å². The first-order chi connectivity index (χ1) is 15.5. The summed E-state index contributed by atoms with van der Waals surface area (Å²) in [4.78, 5) is 23.8. The maximum atomic E-state index is 12.3. The average molecular weight is 454 g/mol. The van der Waals surface area contributed by atoms with Crippen LogP contribution in [0.2, 0.25) is 5.02 Å². The van der Waals surface area contributed by atoms with E-state index in [9.17, 15) is 9.59 Å². The Morgan fingerprint density at radius 2 is 1.69 bits per heavy atom. The third-order valence-corrected chi connectivity index (χ3v) is 4.98. The van der Waals surface area contributed by atoms with Gasteiger partial charge in [0.05, 0.1) is 19.8 Å². The minimum Gasteiger partial charge on any atom is -0.493 e. The van der Waals surface area contributed by atoms with E-state index >= 15 is 0 Å². The number of aryl methyl sites for hydroxylation is 1. The molecule has 7 heteroatoms. The standard InChI is InChI=1S/C25H24ClNO5/c1-30-23-15-17(6-12-22(23)32-16-18-4-3-5-20(26)14-18)7-13-24(28)27-21-10-8-19(9-11-21)25(29)31-2/h3-6,8-12,14-15H,7,13,16H2,1-2H3,(H,27,28). The maximum Gasteiger partial charge on any atom is 0.337 e. The molecule has 0 bridgehead atoms. The highest BCUT2D eigenvalue weighted by Crippen LogP contribution is 2.29. The van der Waals surface area contributed by atoms with Crippen LogP contribution in [-0.4, -0.2) is 26.1 Å². The van der Waals surface area contributed by atoms with Crippen LogP contribution in [0, 0.1) is 0 Å². The second-order valence-corrected chi connectivity index (χ2v) is 7.46. The topological polar surface area (TPSA) is 73.9 Å². The maximum absolute atomic E-state index is 12.3. The van der Waals surface area contributed by atoms with Gasteiger partial charge >= 0.3 is 5.97 Å². The van der Waals surface area contributed by atoms with Crippen molar-refractivity contribution in [2.75, 3.05) is 19.5 Å². The van der Waals surface area contributed by atoms with Crippen LogP contribution in [0.1, 0.15) is 27.9 Å². The highest BCUT2D eigenvalue weighted by Gasteiger charge is 2.10. The molecule has 3 rings (SSSR count). The van der Waals surface area contributed by atoms with Crippen molar-refractivity contribution in [2.45, 2.75) is 19.4 Å². The number of rotatable bonds is 9. The SMILES string of the molecule is COC(=O)c1ccc(NC(=O)CCc2ccc(OCc3cccc(Cl)c3)c(OC)c2)cc1. The smallest absolute Gasteiger partial charge is 0.337 e. The molecule has 0 unspecified atom stereocenters. The lowest BCUT2D eigenvalue weighted by molar-refractivity contribution is -0.116. The van der Waals surface area contributed by atoms with Gasteiger partial charge in [-0.25, -0.2) is 4.79 Å². The van der Waals surface area contributed by atoms with Crippen LogP contribution in [0.3, 0.4) is 0 Å². The number of benzene rings is 3. The number of nitrogens with one attached hydrogen (secondary N) is 1. The Balaban J connectivity index is 1.54. The van der Waals surface area contributed by atoms with Crippen molar-refractivity contribution in [1.82, 2.24) is 0 Å². The van der Waals surface area contributed by atoms with Gasteiger partial charge in [0.15, 0.2) is 11.5 Å². The Morgan fingerprint density at radius 3 is 2.38 bits per heavy atom. The first-order valence-corrected chi connectivity index (χ1v) is 10.4. The van der Waals surface area contributed by atoms with Gasteiger partial charge in [-0.15, -0.1) is 0 Å². The average Bonchev–Trinajstić information content (AvgIpc) is 2.81. The summed E-state index contributed by atoms with van der Waals surface area (Å²) in [6.45, 7) is 0.368. The number of esters is 1. The predicted molar refractivity (Wildman–Crippen MR) is 124 cm³/mol. The molecule has 0 fully saturated rings. The molecule has 6 nitrogen and oxygen atoms in total. The van der Waals surface area contributed by atoms with E-state index in [4.69, 9.17) is 21.1 Å². The van der Waals surface area contributed by atoms with Gasteiger partial charge in [-0.05, 0) is 66.1 Å². The van der Waals surface area contributed by atoms with Crippen LogP contribution >= 0.6 is 11.6 Å². The quantitative estimate of drug-likeness (QED) is 0.446. The number of anilines is 1. The van der Waals surface area contributed by atoms with Gasteiger partial charge in [0.25, 0.3) is 0 Å². The Labute approximate surface area is 192 Å². The van der Waals surface area contributed by atoms with E-state index in [1.165, 1.54) is 7.11 Å². The molecule has 0 aliphatic carbocycles. The van der Waals surface area contributed by atoms with Crippen molar-refractivity contribution in [3.63, 3.8) is 0 Å². The van der Waals surface area contributed by atoms with Crippen LogP contribution in [0.25, 0.3) is 0 Å². The van der Waals surface area contributed by atoms with Crippen molar-refractivity contribution in [1.29, 1.82) is 0 Å². The van der Waals surface area contributed by atoms with Gasteiger partial charge < -0.3 is 19.5 Å². The number of hydrogen-bond donors (Lipinski definition) is 1. The van der Waals surface area contributed by atoms with Gasteiger partial charge in [-0.2, -0.15) is 0 Å². The van der Waals surface area contributed by atoms with Crippen LogP contribution in [0.5, 0.6) is 11.5 Å². The highest BCUT2D eigenvalue weighted by molar-refractivity contribution is 6.30. The van der Waals surface area contributed by atoms with Gasteiger partial charge in [-0.3, -0.25) is 4.79 Å². The number of hydrogen-bond acceptors (Lipinski definition) is 5. The molecule has 1 amide bonds.